The van der Waals surface area contributed by atoms with Gasteiger partial charge in [0, 0.05) is 29.7 Å². The number of benzene rings is 1. The molecule has 0 amide bonds. The number of H-pyrrole nitrogens is 1. The van der Waals surface area contributed by atoms with Gasteiger partial charge in [-0.05, 0) is 18.1 Å². The van der Waals surface area contributed by atoms with Gasteiger partial charge in [-0.1, -0.05) is 29.8 Å². The molecule has 0 aliphatic rings. The van der Waals surface area contributed by atoms with Gasteiger partial charge in [0.1, 0.15) is 5.82 Å². The van der Waals surface area contributed by atoms with Gasteiger partial charge in [-0.25, -0.2) is 4.98 Å². The van der Waals surface area contributed by atoms with Crippen molar-refractivity contribution in [2.45, 2.75) is 19.4 Å². The SMILES string of the molecule is NCc1cnc(CCc2ccccc2Cl)[nH]c1=O. The summed E-state index contributed by atoms with van der Waals surface area (Å²) in [4.78, 5) is 18.5. The summed E-state index contributed by atoms with van der Waals surface area (Å²) in [5.74, 6) is 0.650. The first-order valence-corrected chi connectivity index (χ1v) is 6.09. The third-order valence-corrected chi connectivity index (χ3v) is 3.10. The van der Waals surface area contributed by atoms with E-state index in [1.54, 1.807) is 0 Å². The van der Waals surface area contributed by atoms with Gasteiger partial charge in [-0.2, -0.15) is 0 Å². The summed E-state index contributed by atoms with van der Waals surface area (Å²) in [5, 5.41) is 0.735. The van der Waals surface area contributed by atoms with Gasteiger partial charge in [-0.15, -0.1) is 0 Å². The highest BCUT2D eigenvalue weighted by molar-refractivity contribution is 6.31. The molecule has 2 rings (SSSR count). The van der Waals surface area contributed by atoms with Crippen molar-refractivity contribution in [2.75, 3.05) is 0 Å². The van der Waals surface area contributed by atoms with Crippen LogP contribution >= 0.6 is 11.6 Å². The van der Waals surface area contributed by atoms with Crippen molar-refractivity contribution in [3.63, 3.8) is 0 Å². The molecule has 18 heavy (non-hydrogen) atoms. The monoisotopic (exact) mass is 263 g/mol. The summed E-state index contributed by atoms with van der Waals surface area (Å²) < 4.78 is 0. The second-order valence-corrected chi connectivity index (χ2v) is 4.39. The highest BCUT2D eigenvalue weighted by Gasteiger charge is 2.03. The molecule has 0 unspecified atom stereocenters. The molecule has 0 saturated heterocycles. The Morgan fingerprint density at radius 1 is 1.22 bits per heavy atom. The highest BCUT2D eigenvalue weighted by Crippen LogP contribution is 2.16. The Morgan fingerprint density at radius 3 is 2.67 bits per heavy atom. The number of hydrogen-bond acceptors (Lipinski definition) is 3. The number of nitrogens with two attached hydrogens (primary N) is 1. The number of halogens is 1. The average molecular weight is 264 g/mol. The van der Waals surface area contributed by atoms with E-state index < -0.39 is 0 Å². The predicted molar refractivity (Wildman–Crippen MR) is 71.6 cm³/mol. The maximum atomic E-state index is 11.5. The van der Waals surface area contributed by atoms with Crippen molar-refractivity contribution in [1.29, 1.82) is 0 Å². The van der Waals surface area contributed by atoms with Crippen molar-refractivity contribution in [3.05, 3.63) is 62.8 Å². The van der Waals surface area contributed by atoms with E-state index in [1.165, 1.54) is 6.20 Å². The van der Waals surface area contributed by atoms with Gasteiger partial charge >= 0.3 is 0 Å². The molecular formula is C13H14ClN3O. The minimum Gasteiger partial charge on any atom is -0.326 e. The van der Waals surface area contributed by atoms with Gasteiger partial charge in [0.25, 0.3) is 5.56 Å². The summed E-state index contributed by atoms with van der Waals surface area (Å²) in [6.07, 6.45) is 2.91. The van der Waals surface area contributed by atoms with E-state index in [1.807, 2.05) is 24.3 Å². The zero-order valence-corrected chi connectivity index (χ0v) is 10.6. The molecule has 0 fully saturated rings. The maximum absolute atomic E-state index is 11.5. The molecule has 0 aliphatic heterocycles. The van der Waals surface area contributed by atoms with Crippen LogP contribution in [-0.2, 0) is 19.4 Å². The second-order valence-electron chi connectivity index (χ2n) is 3.98. The lowest BCUT2D eigenvalue weighted by atomic mass is 10.1. The van der Waals surface area contributed by atoms with E-state index in [-0.39, 0.29) is 12.1 Å². The van der Waals surface area contributed by atoms with Crippen molar-refractivity contribution in [1.82, 2.24) is 9.97 Å². The third kappa shape index (κ3) is 2.97. The summed E-state index contributed by atoms with van der Waals surface area (Å²) in [5.41, 5.74) is 6.79. The van der Waals surface area contributed by atoms with Crippen LogP contribution in [0.2, 0.25) is 5.02 Å². The first kappa shape index (κ1) is 12.8. The Labute approximate surface area is 110 Å². The number of aromatic nitrogens is 2. The molecule has 2 aromatic rings. The van der Waals surface area contributed by atoms with Gasteiger partial charge in [0.05, 0.1) is 0 Å². The van der Waals surface area contributed by atoms with E-state index >= 15 is 0 Å². The fourth-order valence-electron chi connectivity index (χ4n) is 1.68. The van der Waals surface area contributed by atoms with E-state index in [9.17, 15) is 4.79 Å². The predicted octanol–water partition coefficient (Wildman–Crippen LogP) is 1.67. The van der Waals surface area contributed by atoms with E-state index in [4.69, 9.17) is 17.3 Å². The molecule has 0 radical (unpaired) electrons. The molecule has 0 spiro atoms. The van der Waals surface area contributed by atoms with Crippen LogP contribution in [0.4, 0.5) is 0 Å². The first-order chi connectivity index (χ1) is 8.70. The third-order valence-electron chi connectivity index (χ3n) is 2.73. The molecule has 0 bridgehead atoms. The Bertz CT molecular complexity index is 595. The largest absolute Gasteiger partial charge is 0.326 e. The molecule has 4 nitrogen and oxygen atoms in total. The number of aromatic amines is 1. The lowest BCUT2D eigenvalue weighted by Crippen LogP contribution is -2.19. The van der Waals surface area contributed by atoms with Gasteiger partial charge in [0.2, 0.25) is 0 Å². The topological polar surface area (TPSA) is 71.8 Å². The number of rotatable bonds is 4. The van der Waals surface area contributed by atoms with Crippen LogP contribution < -0.4 is 11.3 Å². The van der Waals surface area contributed by atoms with Gasteiger partial charge in [0.15, 0.2) is 0 Å². The highest BCUT2D eigenvalue weighted by atomic mass is 35.5. The number of nitrogens with one attached hydrogen (secondary N) is 1. The Hall–Kier alpha value is -1.65. The van der Waals surface area contributed by atoms with E-state index in [0.717, 1.165) is 17.0 Å². The molecule has 0 atom stereocenters. The Kier molecular flexibility index (Phi) is 4.12. The van der Waals surface area contributed by atoms with Crippen molar-refractivity contribution in [2.24, 2.45) is 5.73 Å². The van der Waals surface area contributed by atoms with Crippen LogP contribution in [-0.4, -0.2) is 9.97 Å². The molecule has 3 N–H and O–H groups in total. The van der Waals surface area contributed by atoms with Gasteiger partial charge in [-0.3, -0.25) is 4.79 Å². The summed E-state index contributed by atoms with van der Waals surface area (Å²) in [6, 6.07) is 7.65. The fourth-order valence-corrected chi connectivity index (χ4v) is 1.91. The van der Waals surface area contributed by atoms with Crippen LogP contribution in [0.25, 0.3) is 0 Å². The normalized spacial score (nSPS) is 10.6. The second kappa shape index (κ2) is 5.80. The molecule has 0 saturated carbocycles. The molecule has 1 aromatic heterocycles. The quantitative estimate of drug-likeness (QED) is 0.881. The van der Waals surface area contributed by atoms with Gasteiger partial charge < -0.3 is 10.7 Å². The minimum atomic E-state index is -0.165. The zero-order valence-electron chi connectivity index (χ0n) is 9.82. The average Bonchev–Trinajstić information content (AvgIpc) is 2.38. The van der Waals surface area contributed by atoms with Crippen molar-refractivity contribution < 1.29 is 0 Å². The van der Waals surface area contributed by atoms with Crippen molar-refractivity contribution >= 4 is 11.6 Å². The lowest BCUT2D eigenvalue weighted by Gasteiger charge is -2.04. The first-order valence-electron chi connectivity index (χ1n) is 5.71. The Morgan fingerprint density at radius 2 is 2.00 bits per heavy atom. The molecule has 0 aliphatic carbocycles. The van der Waals surface area contributed by atoms with Crippen LogP contribution in [0, 0.1) is 0 Å². The zero-order chi connectivity index (χ0) is 13.0. The minimum absolute atomic E-state index is 0.165. The molecular weight excluding hydrogens is 250 g/mol. The van der Waals surface area contributed by atoms with Crippen molar-refractivity contribution in [3.8, 4) is 0 Å². The van der Waals surface area contributed by atoms with Crippen LogP contribution in [0.1, 0.15) is 17.0 Å². The van der Waals surface area contributed by atoms with Crippen LogP contribution in [0.15, 0.2) is 35.3 Å². The maximum Gasteiger partial charge on any atom is 0.255 e. The number of aryl methyl sites for hydroxylation is 2. The smallest absolute Gasteiger partial charge is 0.255 e. The fraction of sp³-hybridized carbons (Fsp3) is 0.231. The molecule has 94 valence electrons. The summed E-state index contributed by atoms with van der Waals surface area (Å²) in [6.45, 7) is 0.202. The standard InChI is InChI=1S/C13H14ClN3O/c14-11-4-2-1-3-9(11)5-6-12-16-8-10(7-15)13(18)17-12/h1-4,8H,5-7,15H2,(H,16,17,18). The Balaban J connectivity index is 2.09. The summed E-state index contributed by atoms with van der Waals surface area (Å²) in [7, 11) is 0. The number of nitrogens with zero attached hydrogens (tertiary/aromatic N) is 1. The van der Waals surface area contributed by atoms with Crippen LogP contribution in [0.3, 0.4) is 0 Å². The van der Waals surface area contributed by atoms with E-state index in [2.05, 4.69) is 9.97 Å². The lowest BCUT2D eigenvalue weighted by molar-refractivity contribution is 0.829. The van der Waals surface area contributed by atoms with Crippen LogP contribution in [0.5, 0.6) is 0 Å². The molecule has 5 heteroatoms. The summed E-state index contributed by atoms with van der Waals surface area (Å²) >= 11 is 6.06. The number of hydrogen-bond donors (Lipinski definition) is 2. The molecule has 1 aromatic carbocycles. The molecule has 1 heterocycles. The van der Waals surface area contributed by atoms with E-state index in [0.29, 0.717) is 17.8 Å².